The fourth-order valence-corrected chi connectivity index (χ4v) is 2.36. The van der Waals surface area contributed by atoms with Crippen molar-refractivity contribution in [1.82, 2.24) is 19.9 Å². The van der Waals surface area contributed by atoms with Crippen LogP contribution in [0.15, 0.2) is 36.8 Å². The molecule has 0 saturated heterocycles. The van der Waals surface area contributed by atoms with Crippen LogP contribution in [-0.2, 0) is 0 Å². The summed E-state index contributed by atoms with van der Waals surface area (Å²) in [6, 6.07) is 5.70. The number of rotatable bonds is 3. The van der Waals surface area contributed by atoms with Gasteiger partial charge >= 0.3 is 0 Å². The van der Waals surface area contributed by atoms with Crippen LogP contribution in [0.5, 0.6) is 0 Å². The molecule has 0 amide bonds. The molecule has 0 aliphatic carbocycles. The lowest BCUT2D eigenvalue weighted by Crippen LogP contribution is -2.00. The molecule has 0 aliphatic heterocycles. The van der Waals surface area contributed by atoms with Crippen molar-refractivity contribution in [2.75, 3.05) is 11.1 Å². The van der Waals surface area contributed by atoms with Crippen molar-refractivity contribution in [3.8, 4) is 11.1 Å². The van der Waals surface area contributed by atoms with Crippen molar-refractivity contribution >= 4 is 17.3 Å². The molecule has 3 heterocycles. The standard InChI is InChI=1S/C17H18N6/c1-10-14(9-21-11(2)17(10)18)13-4-6-20-16(8-13)23-15-5-7-19-12(3)22-15/h4-9H,18H2,1-3H3,(H,19,20,22,23). The number of nitrogens with one attached hydrogen (secondary N) is 1. The molecule has 0 spiro atoms. The van der Waals surface area contributed by atoms with Crippen molar-refractivity contribution in [1.29, 1.82) is 0 Å². The van der Waals surface area contributed by atoms with E-state index in [0.29, 0.717) is 17.5 Å². The molecule has 3 aromatic heterocycles. The van der Waals surface area contributed by atoms with Crippen LogP contribution in [-0.4, -0.2) is 19.9 Å². The highest BCUT2D eigenvalue weighted by Crippen LogP contribution is 2.29. The molecule has 0 saturated carbocycles. The molecular weight excluding hydrogens is 288 g/mol. The summed E-state index contributed by atoms with van der Waals surface area (Å²) in [5.41, 5.74) is 10.7. The van der Waals surface area contributed by atoms with Gasteiger partial charge in [-0.3, -0.25) is 4.98 Å². The molecule has 116 valence electrons. The second-order valence-corrected chi connectivity index (χ2v) is 5.34. The summed E-state index contributed by atoms with van der Waals surface area (Å²) in [7, 11) is 0. The Morgan fingerprint density at radius 2 is 1.74 bits per heavy atom. The van der Waals surface area contributed by atoms with Gasteiger partial charge < -0.3 is 11.1 Å². The highest BCUT2D eigenvalue weighted by Gasteiger charge is 2.09. The molecule has 0 aliphatic rings. The number of hydrogen-bond donors (Lipinski definition) is 2. The third-order valence-corrected chi connectivity index (χ3v) is 3.69. The Balaban J connectivity index is 1.96. The second-order valence-electron chi connectivity index (χ2n) is 5.34. The Kier molecular flexibility index (Phi) is 3.89. The largest absolute Gasteiger partial charge is 0.397 e. The minimum atomic E-state index is 0.706. The first-order valence-corrected chi connectivity index (χ1v) is 7.29. The quantitative estimate of drug-likeness (QED) is 0.772. The summed E-state index contributed by atoms with van der Waals surface area (Å²) < 4.78 is 0. The van der Waals surface area contributed by atoms with Gasteiger partial charge in [-0.1, -0.05) is 0 Å². The molecule has 0 unspecified atom stereocenters. The summed E-state index contributed by atoms with van der Waals surface area (Å²) in [5, 5.41) is 3.19. The highest BCUT2D eigenvalue weighted by molar-refractivity contribution is 5.74. The van der Waals surface area contributed by atoms with Crippen LogP contribution < -0.4 is 11.1 Å². The van der Waals surface area contributed by atoms with Gasteiger partial charge in [0.05, 0.1) is 11.4 Å². The van der Waals surface area contributed by atoms with E-state index in [1.165, 1.54) is 0 Å². The summed E-state index contributed by atoms with van der Waals surface area (Å²) >= 11 is 0. The fourth-order valence-electron chi connectivity index (χ4n) is 2.36. The van der Waals surface area contributed by atoms with Gasteiger partial charge in [0.15, 0.2) is 0 Å². The number of hydrogen-bond acceptors (Lipinski definition) is 6. The third-order valence-electron chi connectivity index (χ3n) is 3.69. The zero-order valence-corrected chi connectivity index (χ0v) is 13.3. The van der Waals surface area contributed by atoms with E-state index in [9.17, 15) is 0 Å². The molecule has 0 aromatic carbocycles. The van der Waals surface area contributed by atoms with Crippen molar-refractivity contribution in [2.24, 2.45) is 0 Å². The molecule has 3 rings (SSSR count). The first kappa shape index (κ1) is 14.9. The lowest BCUT2D eigenvalue weighted by molar-refractivity contribution is 1.05. The topological polar surface area (TPSA) is 89.6 Å². The molecule has 0 atom stereocenters. The first-order valence-electron chi connectivity index (χ1n) is 7.29. The van der Waals surface area contributed by atoms with Crippen LogP contribution >= 0.6 is 0 Å². The van der Waals surface area contributed by atoms with Gasteiger partial charge in [0, 0.05) is 24.2 Å². The van der Waals surface area contributed by atoms with E-state index in [0.717, 1.165) is 28.1 Å². The van der Waals surface area contributed by atoms with Crippen molar-refractivity contribution in [2.45, 2.75) is 20.8 Å². The van der Waals surface area contributed by atoms with Gasteiger partial charge in [-0.2, -0.15) is 0 Å². The SMILES string of the molecule is Cc1nccc(Nc2cc(-c3cnc(C)c(N)c3C)ccn2)n1. The summed E-state index contributed by atoms with van der Waals surface area (Å²) in [6.45, 7) is 5.75. The van der Waals surface area contributed by atoms with Crippen LogP contribution in [0.1, 0.15) is 17.1 Å². The van der Waals surface area contributed by atoms with Gasteiger partial charge in [0.2, 0.25) is 0 Å². The lowest BCUT2D eigenvalue weighted by Gasteiger charge is -2.11. The van der Waals surface area contributed by atoms with Gasteiger partial charge in [0.25, 0.3) is 0 Å². The van der Waals surface area contributed by atoms with Gasteiger partial charge in [-0.05, 0) is 50.1 Å². The monoisotopic (exact) mass is 306 g/mol. The van der Waals surface area contributed by atoms with Gasteiger partial charge in [-0.25, -0.2) is 15.0 Å². The predicted octanol–water partition coefficient (Wildman–Crippen LogP) is 3.18. The fraction of sp³-hybridized carbons (Fsp3) is 0.176. The van der Waals surface area contributed by atoms with E-state index in [4.69, 9.17) is 5.73 Å². The van der Waals surface area contributed by atoms with Gasteiger partial charge in [-0.15, -0.1) is 0 Å². The van der Waals surface area contributed by atoms with Crippen LogP contribution in [0.2, 0.25) is 0 Å². The van der Waals surface area contributed by atoms with E-state index >= 15 is 0 Å². The van der Waals surface area contributed by atoms with E-state index in [1.54, 1.807) is 18.5 Å². The molecule has 0 fully saturated rings. The first-order chi connectivity index (χ1) is 11.0. The number of nitrogens with two attached hydrogens (primary N) is 1. The molecule has 0 bridgehead atoms. The molecule has 6 heteroatoms. The van der Waals surface area contributed by atoms with Crippen LogP contribution in [0.4, 0.5) is 17.3 Å². The average molecular weight is 306 g/mol. The van der Waals surface area contributed by atoms with Crippen LogP contribution in [0.25, 0.3) is 11.1 Å². The maximum Gasteiger partial charge on any atom is 0.135 e. The average Bonchev–Trinajstić information content (AvgIpc) is 2.53. The normalized spacial score (nSPS) is 10.6. The van der Waals surface area contributed by atoms with Crippen LogP contribution in [0, 0.1) is 20.8 Å². The summed E-state index contributed by atoms with van der Waals surface area (Å²) in [4.78, 5) is 17.1. The molecule has 6 nitrogen and oxygen atoms in total. The molecular formula is C17H18N6. The third kappa shape index (κ3) is 3.11. The number of aryl methyl sites for hydroxylation is 2. The number of nitrogens with zero attached hydrogens (tertiary/aromatic N) is 4. The summed E-state index contributed by atoms with van der Waals surface area (Å²) in [5.74, 6) is 2.12. The Bertz CT molecular complexity index is 859. The Labute approximate surface area is 134 Å². The minimum Gasteiger partial charge on any atom is -0.397 e. The maximum absolute atomic E-state index is 6.09. The van der Waals surface area contributed by atoms with Crippen LogP contribution in [0.3, 0.4) is 0 Å². The lowest BCUT2D eigenvalue weighted by atomic mass is 10.0. The number of pyridine rings is 2. The van der Waals surface area contributed by atoms with E-state index in [2.05, 4.69) is 25.3 Å². The smallest absolute Gasteiger partial charge is 0.135 e. The molecule has 3 aromatic rings. The molecule has 0 radical (unpaired) electrons. The van der Waals surface area contributed by atoms with Crippen molar-refractivity contribution in [3.05, 3.63) is 53.9 Å². The van der Waals surface area contributed by atoms with Crippen molar-refractivity contribution in [3.63, 3.8) is 0 Å². The minimum absolute atomic E-state index is 0.706. The highest BCUT2D eigenvalue weighted by atomic mass is 15.1. The van der Waals surface area contributed by atoms with Crippen molar-refractivity contribution < 1.29 is 0 Å². The zero-order valence-electron chi connectivity index (χ0n) is 13.3. The maximum atomic E-state index is 6.09. The van der Waals surface area contributed by atoms with Gasteiger partial charge in [0.1, 0.15) is 17.5 Å². The Morgan fingerprint density at radius 3 is 2.52 bits per heavy atom. The second kappa shape index (κ2) is 6.00. The zero-order chi connectivity index (χ0) is 16.4. The molecule has 23 heavy (non-hydrogen) atoms. The Morgan fingerprint density at radius 1 is 0.957 bits per heavy atom. The van der Waals surface area contributed by atoms with E-state index in [1.807, 2.05) is 39.1 Å². The predicted molar refractivity (Wildman–Crippen MR) is 91.4 cm³/mol. The number of nitrogen functional groups attached to an aromatic ring is 1. The van der Waals surface area contributed by atoms with E-state index in [-0.39, 0.29) is 0 Å². The number of anilines is 3. The van der Waals surface area contributed by atoms with E-state index < -0.39 is 0 Å². The molecule has 3 N–H and O–H groups in total. The Hall–Kier alpha value is -3.02. The number of aromatic nitrogens is 4. The summed E-state index contributed by atoms with van der Waals surface area (Å²) in [6.07, 6.45) is 5.30.